The van der Waals surface area contributed by atoms with Crippen LogP contribution >= 0.6 is 23.6 Å². The summed E-state index contributed by atoms with van der Waals surface area (Å²) in [5, 5.41) is 6.64. The van der Waals surface area contributed by atoms with Crippen molar-refractivity contribution in [2.45, 2.75) is 19.8 Å². The number of thiazole rings is 1. The first kappa shape index (κ1) is 13.1. The molecule has 0 aromatic carbocycles. The molecule has 0 spiro atoms. The molecule has 0 fully saturated rings. The number of rotatable bonds is 4. The molecular formula is C12H12N6S2. The van der Waals surface area contributed by atoms with Gasteiger partial charge in [-0.25, -0.2) is 4.98 Å². The van der Waals surface area contributed by atoms with Gasteiger partial charge in [0.25, 0.3) is 0 Å². The van der Waals surface area contributed by atoms with Crippen molar-refractivity contribution in [2.24, 2.45) is 0 Å². The molecule has 6 nitrogen and oxygen atoms in total. The lowest BCUT2D eigenvalue weighted by Gasteiger charge is -1.95. The quantitative estimate of drug-likeness (QED) is 0.724. The molecule has 0 saturated heterocycles. The predicted molar refractivity (Wildman–Crippen MR) is 79.9 cm³/mol. The van der Waals surface area contributed by atoms with Gasteiger partial charge < -0.3 is 0 Å². The van der Waals surface area contributed by atoms with Crippen LogP contribution in [-0.2, 0) is 6.42 Å². The summed E-state index contributed by atoms with van der Waals surface area (Å²) in [6.07, 6.45) is 6.93. The van der Waals surface area contributed by atoms with Crippen molar-refractivity contribution in [2.75, 3.05) is 0 Å². The average Bonchev–Trinajstić information content (AvgIpc) is 3.07. The second-order valence-electron chi connectivity index (χ2n) is 4.15. The van der Waals surface area contributed by atoms with E-state index in [0.717, 1.165) is 39.9 Å². The van der Waals surface area contributed by atoms with Crippen LogP contribution in [0.1, 0.15) is 19.0 Å². The average molecular weight is 304 g/mol. The van der Waals surface area contributed by atoms with E-state index in [1.165, 1.54) is 0 Å². The summed E-state index contributed by atoms with van der Waals surface area (Å²) in [7, 11) is 0. The van der Waals surface area contributed by atoms with E-state index in [1.807, 2.05) is 0 Å². The number of aromatic amines is 2. The van der Waals surface area contributed by atoms with Gasteiger partial charge in [-0.15, -0.1) is 11.3 Å². The van der Waals surface area contributed by atoms with Crippen molar-refractivity contribution in [3.63, 3.8) is 0 Å². The Labute approximate surface area is 124 Å². The first-order valence-corrected chi connectivity index (χ1v) is 7.41. The molecule has 3 aromatic heterocycles. The highest BCUT2D eigenvalue weighted by atomic mass is 32.1. The largest absolute Gasteiger partial charge is 0.281 e. The SMILES string of the molecule is CCCc1nc(-c2cnccn2)sc1-c1nc(=S)[nH][nH]1. The first-order valence-electron chi connectivity index (χ1n) is 6.19. The fourth-order valence-corrected chi connectivity index (χ4v) is 3.00. The molecule has 0 aliphatic heterocycles. The summed E-state index contributed by atoms with van der Waals surface area (Å²) in [6.45, 7) is 2.12. The molecule has 2 N–H and O–H groups in total. The lowest BCUT2D eigenvalue weighted by molar-refractivity contribution is 0.892. The Balaban J connectivity index is 2.09. The van der Waals surface area contributed by atoms with E-state index >= 15 is 0 Å². The van der Waals surface area contributed by atoms with Crippen LogP contribution in [0.4, 0.5) is 0 Å². The maximum absolute atomic E-state index is 5.01. The molecule has 3 aromatic rings. The molecule has 0 saturated carbocycles. The fraction of sp³-hybridized carbons (Fsp3) is 0.250. The normalized spacial score (nSPS) is 10.8. The zero-order valence-corrected chi connectivity index (χ0v) is 12.4. The highest BCUT2D eigenvalue weighted by molar-refractivity contribution is 7.71. The summed E-state index contributed by atoms with van der Waals surface area (Å²) in [5.74, 6) is 0.728. The Morgan fingerprint density at radius 3 is 2.80 bits per heavy atom. The van der Waals surface area contributed by atoms with Crippen molar-refractivity contribution in [1.29, 1.82) is 0 Å². The van der Waals surface area contributed by atoms with Crippen molar-refractivity contribution in [3.8, 4) is 21.4 Å². The number of nitrogens with one attached hydrogen (secondary N) is 2. The van der Waals surface area contributed by atoms with Gasteiger partial charge in [-0.3, -0.25) is 20.2 Å². The van der Waals surface area contributed by atoms with Crippen LogP contribution in [-0.4, -0.2) is 30.1 Å². The van der Waals surface area contributed by atoms with Gasteiger partial charge in [0.05, 0.1) is 16.8 Å². The molecule has 0 radical (unpaired) electrons. The minimum atomic E-state index is 0.442. The van der Waals surface area contributed by atoms with E-state index in [9.17, 15) is 0 Å². The fourth-order valence-electron chi connectivity index (χ4n) is 1.84. The minimum Gasteiger partial charge on any atom is -0.281 e. The number of hydrogen-bond donors (Lipinski definition) is 2. The molecule has 3 heterocycles. The van der Waals surface area contributed by atoms with E-state index in [1.54, 1.807) is 29.9 Å². The van der Waals surface area contributed by atoms with Crippen LogP contribution < -0.4 is 0 Å². The van der Waals surface area contributed by atoms with Crippen molar-refractivity contribution >= 4 is 23.6 Å². The number of nitrogens with zero attached hydrogens (tertiary/aromatic N) is 4. The summed E-state index contributed by atoms with van der Waals surface area (Å²) >= 11 is 6.55. The lowest BCUT2D eigenvalue weighted by Crippen LogP contribution is -1.89. The summed E-state index contributed by atoms with van der Waals surface area (Å²) in [4.78, 5) is 18.3. The molecule has 8 heteroatoms. The zero-order chi connectivity index (χ0) is 13.9. The molecule has 0 unspecified atom stereocenters. The van der Waals surface area contributed by atoms with Crippen LogP contribution in [0.3, 0.4) is 0 Å². The molecule has 0 aliphatic rings. The maximum Gasteiger partial charge on any atom is 0.213 e. The monoisotopic (exact) mass is 304 g/mol. The van der Waals surface area contributed by atoms with Gasteiger partial charge in [0.2, 0.25) is 4.77 Å². The van der Waals surface area contributed by atoms with Crippen molar-refractivity contribution < 1.29 is 0 Å². The highest BCUT2D eigenvalue weighted by Gasteiger charge is 2.16. The number of aromatic nitrogens is 6. The third-order valence-electron chi connectivity index (χ3n) is 2.68. The predicted octanol–water partition coefficient (Wildman–Crippen LogP) is 3.00. The second-order valence-corrected chi connectivity index (χ2v) is 5.54. The Morgan fingerprint density at radius 1 is 1.25 bits per heavy atom. The molecular weight excluding hydrogens is 292 g/mol. The van der Waals surface area contributed by atoms with Gasteiger partial charge in [-0.05, 0) is 18.6 Å². The van der Waals surface area contributed by atoms with Crippen molar-refractivity contribution in [1.82, 2.24) is 30.1 Å². The Morgan fingerprint density at radius 2 is 2.15 bits per heavy atom. The molecule has 0 aliphatic carbocycles. The van der Waals surface area contributed by atoms with Gasteiger partial charge in [-0.2, -0.15) is 4.98 Å². The van der Waals surface area contributed by atoms with Crippen LogP contribution in [0.15, 0.2) is 18.6 Å². The second kappa shape index (κ2) is 5.59. The van der Waals surface area contributed by atoms with Gasteiger partial charge >= 0.3 is 0 Å². The van der Waals surface area contributed by atoms with Crippen LogP contribution in [0.2, 0.25) is 0 Å². The topological polar surface area (TPSA) is 83.1 Å². The lowest BCUT2D eigenvalue weighted by atomic mass is 10.2. The number of H-pyrrole nitrogens is 2. The molecule has 102 valence electrons. The van der Waals surface area contributed by atoms with Gasteiger partial charge in [-0.1, -0.05) is 13.3 Å². The summed E-state index contributed by atoms with van der Waals surface area (Å²) < 4.78 is 0.442. The standard InChI is InChI=1S/C12H12N6S2/c1-2-3-7-9(10-16-12(19)18-17-10)20-11(15-7)8-6-13-4-5-14-8/h4-6H,2-3H2,1H3,(H2,16,17,18,19). The number of hydrogen-bond acceptors (Lipinski definition) is 6. The van der Waals surface area contributed by atoms with E-state index < -0.39 is 0 Å². The Hall–Kier alpha value is -1.93. The van der Waals surface area contributed by atoms with Crippen molar-refractivity contribution in [3.05, 3.63) is 29.1 Å². The van der Waals surface area contributed by atoms with E-state index in [0.29, 0.717) is 4.77 Å². The first-order chi connectivity index (χ1) is 9.78. The molecule has 0 bridgehead atoms. The van der Waals surface area contributed by atoms with E-state index in [4.69, 9.17) is 12.2 Å². The van der Waals surface area contributed by atoms with Crippen LogP contribution in [0.5, 0.6) is 0 Å². The third kappa shape index (κ3) is 2.52. The van der Waals surface area contributed by atoms with Crippen LogP contribution in [0, 0.1) is 4.77 Å². The highest BCUT2D eigenvalue weighted by Crippen LogP contribution is 2.33. The number of aryl methyl sites for hydroxylation is 1. The summed E-state index contributed by atoms with van der Waals surface area (Å²) in [5.41, 5.74) is 1.78. The van der Waals surface area contributed by atoms with E-state index in [2.05, 4.69) is 37.1 Å². The smallest absolute Gasteiger partial charge is 0.213 e. The van der Waals surface area contributed by atoms with Gasteiger partial charge in [0.15, 0.2) is 5.82 Å². The molecule has 20 heavy (non-hydrogen) atoms. The van der Waals surface area contributed by atoms with Gasteiger partial charge in [0.1, 0.15) is 10.7 Å². The third-order valence-corrected chi connectivity index (χ3v) is 4.00. The molecule has 0 atom stereocenters. The minimum absolute atomic E-state index is 0.442. The Kier molecular flexibility index (Phi) is 3.66. The maximum atomic E-state index is 5.01. The molecule has 3 rings (SSSR count). The van der Waals surface area contributed by atoms with E-state index in [-0.39, 0.29) is 0 Å². The zero-order valence-electron chi connectivity index (χ0n) is 10.8. The van der Waals surface area contributed by atoms with Gasteiger partial charge in [0, 0.05) is 12.4 Å². The Bertz CT molecular complexity index is 758. The summed E-state index contributed by atoms with van der Waals surface area (Å²) in [6, 6.07) is 0. The molecule has 0 amide bonds. The van der Waals surface area contributed by atoms with Crippen LogP contribution in [0.25, 0.3) is 21.4 Å².